The molecule has 7 heteroatoms. The zero-order chi connectivity index (χ0) is 16.5. The summed E-state index contributed by atoms with van der Waals surface area (Å²) < 4.78 is 7.36. The lowest BCUT2D eigenvalue weighted by Crippen LogP contribution is -2.23. The molecule has 1 aromatic carbocycles. The number of fused-ring (bicyclic) bond motifs is 1. The number of ether oxygens (including phenoxy) is 1. The lowest BCUT2D eigenvalue weighted by Gasteiger charge is -2.22. The lowest BCUT2D eigenvalue weighted by atomic mass is 10.1. The van der Waals surface area contributed by atoms with Gasteiger partial charge in [0.2, 0.25) is 0 Å². The molecule has 1 aliphatic heterocycles. The van der Waals surface area contributed by atoms with Crippen molar-refractivity contribution in [3.8, 4) is 0 Å². The van der Waals surface area contributed by atoms with E-state index in [1.807, 2.05) is 28.9 Å². The van der Waals surface area contributed by atoms with E-state index in [0.29, 0.717) is 35.6 Å². The van der Waals surface area contributed by atoms with Crippen molar-refractivity contribution in [1.29, 1.82) is 0 Å². The molecule has 7 nitrogen and oxygen atoms in total. The second kappa shape index (κ2) is 6.09. The Morgan fingerprint density at radius 1 is 1.38 bits per heavy atom. The van der Waals surface area contributed by atoms with Crippen LogP contribution in [0.15, 0.2) is 35.3 Å². The van der Waals surface area contributed by atoms with Crippen molar-refractivity contribution in [2.75, 3.05) is 18.9 Å². The lowest BCUT2D eigenvalue weighted by molar-refractivity contribution is 0.0563. The smallest absolute Gasteiger partial charge is 0.262 e. The third kappa shape index (κ3) is 2.67. The Balaban J connectivity index is 1.75. The predicted molar refractivity (Wildman–Crippen MR) is 90.9 cm³/mol. The average molecular weight is 325 g/mol. The first-order valence-corrected chi connectivity index (χ1v) is 8.10. The van der Waals surface area contributed by atoms with Crippen LogP contribution in [-0.2, 0) is 11.2 Å². The van der Waals surface area contributed by atoms with Crippen LogP contribution in [0.2, 0.25) is 0 Å². The molecule has 1 unspecified atom stereocenters. The van der Waals surface area contributed by atoms with Crippen molar-refractivity contribution in [2.45, 2.75) is 25.3 Å². The number of benzene rings is 1. The number of nitrogens with two attached hydrogens (primary N) is 1. The third-order valence-corrected chi connectivity index (χ3v) is 4.41. The Labute approximate surface area is 138 Å². The molecule has 0 radical (unpaired) electrons. The van der Waals surface area contributed by atoms with E-state index in [-0.39, 0.29) is 11.6 Å². The van der Waals surface area contributed by atoms with Gasteiger partial charge in [0, 0.05) is 18.7 Å². The molecular weight excluding hydrogens is 306 g/mol. The minimum atomic E-state index is -0.174. The molecule has 3 aromatic rings. The van der Waals surface area contributed by atoms with E-state index >= 15 is 0 Å². The van der Waals surface area contributed by atoms with Crippen molar-refractivity contribution in [2.24, 2.45) is 0 Å². The molecule has 3 heterocycles. The molecule has 1 saturated heterocycles. The van der Waals surface area contributed by atoms with Gasteiger partial charge in [0.1, 0.15) is 11.2 Å². The molecule has 4 rings (SSSR count). The summed E-state index contributed by atoms with van der Waals surface area (Å²) in [6, 6.07) is 7.71. The Morgan fingerprint density at radius 2 is 2.25 bits per heavy atom. The van der Waals surface area contributed by atoms with Crippen LogP contribution in [-0.4, -0.2) is 33.0 Å². The van der Waals surface area contributed by atoms with Crippen LogP contribution in [0, 0.1) is 0 Å². The fourth-order valence-electron chi connectivity index (χ4n) is 3.12. The molecule has 1 fully saturated rings. The van der Waals surface area contributed by atoms with Crippen molar-refractivity contribution in [1.82, 2.24) is 19.7 Å². The number of nitrogen functional groups attached to an aromatic ring is 1. The monoisotopic (exact) mass is 325 g/mol. The number of aromatic nitrogens is 4. The Hall–Kier alpha value is -2.67. The molecule has 0 spiro atoms. The third-order valence-electron chi connectivity index (χ3n) is 4.41. The maximum Gasteiger partial charge on any atom is 0.262 e. The summed E-state index contributed by atoms with van der Waals surface area (Å²) in [7, 11) is 0. The molecule has 1 atom stereocenters. The summed E-state index contributed by atoms with van der Waals surface area (Å²) in [5.41, 5.74) is 8.05. The number of hydrogen-bond acceptors (Lipinski definition) is 5. The highest BCUT2D eigenvalue weighted by atomic mass is 16.5. The number of aromatic amines is 1. The minimum Gasteiger partial charge on any atom is -0.398 e. The minimum absolute atomic E-state index is 0.125. The van der Waals surface area contributed by atoms with Crippen molar-refractivity contribution in [3.05, 3.63) is 52.2 Å². The van der Waals surface area contributed by atoms with Gasteiger partial charge in [-0.3, -0.25) is 4.79 Å². The molecule has 124 valence electrons. The van der Waals surface area contributed by atoms with E-state index in [2.05, 4.69) is 15.1 Å². The normalized spacial score (nSPS) is 18.1. The maximum atomic E-state index is 12.4. The summed E-state index contributed by atoms with van der Waals surface area (Å²) in [6.07, 6.45) is 4.02. The van der Waals surface area contributed by atoms with Crippen LogP contribution in [0.3, 0.4) is 0 Å². The molecule has 0 bridgehead atoms. The van der Waals surface area contributed by atoms with Crippen LogP contribution >= 0.6 is 0 Å². The van der Waals surface area contributed by atoms with E-state index < -0.39 is 0 Å². The van der Waals surface area contributed by atoms with Gasteiger partial charge in [-0.25, -0.2) is 9.67 Å². The number of hydrogen-bond donors (Lipinski definition) is 2. The molecule has 2 aromatic heterocycles. The molecule has 0 saturated carbocycles. The van der Waals surface area contributed by atoms with Crippen molar-refractivity contribution in [3.63, 3.8) is 0 Å². The molecule has 0 aliphatic carbocycles. The number of anilines is 1. The summed E-state index contributed by atoms with van der Waals surface area (Å²) in [5, 5.41) is 4.88. The summed E-state index contributed by atoms with van der Waals surface area (Å²) in [4.78, 5) is 19.8. The van der Waals surface area contributed by atoms with Gasteiger partial charge in [-0.2, -0.15) is 5.10 Å². The second-order valence-electron chi connectivity index (χ2n) is 6.09. The maximum absolute atomic E-state index is 12.4. The van der Waals surface area contributed by atoms with Gasteiger partial charge in [0.15, 0.2) is 5.65 Å². The first kappa shape index (κ1) is 14.9. The quantitative estimate of drug-likeness (QED) is 0.713. The molecule has 3 N–H and O–H groups in total. The molecule has 24 heavy (non-hydrogen) atoms. The van der Waals surface area contributed by atoms with E-state index in [0.717, 1.165) is 25.0 Å². The summed E-state index contributed by atoms with van der Waals surface area (Å²) in [5.74, 6) is 0.587. The van der Waals surface area contributed by atoms with Gasteiger partial charge in [-0.05, 0) is 24.5 Å². The zero-order valence-corrected chi connectivity index (χ0v) is 13.2. The van der Waals surface area contributed by atoms with Crippen LogP contribution < -0.4 is 11.3 Å². The van der Waals surface area contributed by atoms with Gasteiger partial charge < -0.3 is 15.5 Å². The summed E-state index contributed by atoms with van der Waals surface area (Å²) in [6.45, 7) is 1.38. The molecular formula is C17H19N5O2. The van der Waals surface area contributed by atoms with Crippen LogP contribution in [0.5, 0.6) is 0 Å². The number of rotatable bonds is 3. The van der Waals surface area contributed by atoms with Crippen molar-refractivity contribution < 1.29 is 4.74 Å². The van der Waals surface area contributed by atoms with Gasteiger partial charge in [-0.1, -0.05) is 18.2 Å². The molecule has 1 aliphatic rings. The van der Waals surface area contributed by atoms with E-state index in [9.17, 15) is 4.79 Å². The Bertz CT molecular complexity index is 924. The first-order valence-electron chi connectivity index (χ1n) is 8.10. The van der Waals surface area contributed by atoms with Crippen molar-refractivity contribution >= 4 is 16.7 Å². The highest BCUT2D eigenvalue weighted by Gasteiger charge is 2.20. The zero-order valence-electron chi connectivity index (χ0n) is 13.2. The highest BCUT2D eigenvalue weighted by Crippen LogP contribution is 2.22. The number of para-hydroxylation sites is 1. The standard InChI is InChI=1S/C17H19N5O2/c18-14-6-2-1-4-11(14)8-15-20-16-13(17(23)21-15)9-19-22(16)12-5-3-7-24-10-12/h1-2,4,6,9,12H,3,5,7-8,10,18H2,(H,20,21,23). The van der Waals surface area contributed by atoms with Crippen LogP contribution in [0.4, 0.5) is 5.69 Å². The largest absolute Gasteiger partial charge is 0.398 e. The predicted octanol–water partition coefficient (Wildman–Crippen LogP) is 1.64. The summed E-state index contributed by atoms with van der Waals surface area (Å²) >= 11 is 0. The van der Waals surface area contributed by atoms with Gasteiger partial charge in [0.25, 0.3) is 5.56 Å². The van der Waals surface area contributed by atoms with Gasteiger partial charge >= 0.3 is 0 Å². The van der Waals surface area contributed by atoms with E-state index in [1.54, 1.807) is 6.20 Å². The Kier molecular flexibility index (Phi) is 3.78. The van der Waals surface area contributed by atoms with Gasteiger partial charge in [0.05, 0.1) is 18.8 Å². The van der Waals surface area contributed by atoms with Crippen LogP contribution in [0.1, 0.15) is 30.3 Å². The topological polar surface area (TPSA) is 98.8 Å². The average Bonchev–Trinajstić information content (AvgIpc) is 3.02. The first-order chi connectivity index (χ1) is 11.7. The number of nitrogens with one attached hydrogen (secondary N) is 1. The fraction of sp³-hybridized carbons (Fsp3) is 0.353. The number of H-pyrrole nitrogens is 1. The van der Waals surface area contributed by atoms with E-state index in [4.69, 9.17) is 10.5 Å². The highest BCUT2D eigenvalue weighted by molar-refractivity contribution is 5.73. The van der Waals surface area contributed by atoms with E-state index in [1.165, 1.54) is 0 Å². The van der Waals surface area contributed by atoms with Gasteiger partial charge in [-0.15, -0.1) is 0 Å². The molecule has 0 amide bonds. The SMILES string of the molecule is Nc1ccccc1Cc1nc2c(cnn2C2CCCOC2)c(=O)[nH]1. The Morgan fingerprint density at radius 3 is 3.04 bits per heavy atom. The number of nitrogens with zero attached hydrogens (tertiary/aromatic N) is 3. The fourth-order valence-corrected chi connectivity index (χ4v) is 3.12. The van der Waals surface area contributed by atoms with Crippen LogP contribution in [0.25, 0.3) is 11.0 Å². The second-order valence-corrected chi connectivity index (χ2v) is 6.09.